The predicted octanol–water partition coefficient (Wildman–Crippen LogP) is 4.41. The van der Waals surface area contributed by atoms with Crippen molar-refractivity contribution in [1.29, 1.82) is 0 Å². The molecule has 0 radical (unpaired) electrons. The van der Waals surface area contributed by atoms with Crippen molar-refractivity contribution in [2.75, 3.05) is 0 Å². The zero-order chi connectivity index (χ0) is 14.8. The third-order valence-corrected chi connectivity index (χ3v) is 4.08. The van der Waals surface area contributed by atoms with Gasteiger partial charge in [0.25, 0.3) is 0 Å². The van der Waals surface area contributed by atoms with E-state index in [9.17, 15) is 9.50 Å². The van der Waals surface area contributed by atoms with Crippen LogP contribution in [0.3, 0.4) is 0 Å². The summed E-state index contributed by atoms with van der Waals surface area (Å²) in [5, 5.41) is 12.5. The van der Waals surface area contributed by atoms with Crippen LogP contribution < -0.4 is 0 Å². The second-order valence-electron chi connectivity index (χ2n) is 4.92. The van der Waals surface area contributed by atoms with Crippen LogP contribution in [0, 0.1) is 5.82 Å². The number of fused-ring (bicyclic) bond motifs is 1. The Labute approximate surface area is 130 Å². The molecule has 0 fully saturated rings. The number of rotatable bonds is 3. The first-order valence-corrected chi connectivity index (χ1v) is 7.39. The maximum absolute atomic E-state index is 13.2. The highest BCUT2D eigenvalue weighted by Gasteiger charge is 2.13. The minimum atomic E-state index is -0.680. The first-order valence-electron chi connectivity index (χ1n) is 6.60. The van der Waals surface area contributed by atoms with E-state index in [1.807, 2.05) is 24.3 Å². The van der Waals surface area contributed by atoms with Crippen molar-refractivity contribution in [2.45, 2.75) is 12.5 Å². The molecule has 3 rings (SSSR count). The number of aromatic nitrogens is 1. The average molecular weight is 346 g/mol. The summed E-state index contributed by atoms with van der Waals surface area (Å²) in [4.78, 5) is 4.18. The Morgan fingerprint density at radius 3 is 2.76 bits per heavy atom. The van der Waals surface area contributed by atoms with Crippen LogP contribution in [0.4, 0.5) is 4.39 Å². The van der Waals surface area contributed by atoms with Crippen molar-refractivity contribution in [1.82, 2.24) is 4.98 Å². The third-order valence-electron chi connectivity index (χ3n) is 3.47. The fourth-order valence-corrected chi connectivity index (χ4v) is 2.83. The molecule has 0 amide bonds. The van der Waals surface area contributed by atoms with Crippen LogP contribution in [0.15, 0.2) is 59.3 Å². The van der Waals surface area contributed by atoms with Crippen LogP contribution in [0.25, 0.3) is 10.8 Å². The van der Waals surface area contributed by atoms with Crippen molar-refractivity contribution in [3.05, 3.63) is 76.3 Å². The summed E-state index contributed by atoms with van der Waals surface area (Å²) in [5.41, 5.74) is 1.65. The van der Waals surface area contributed by atoms with Gasteiger partial charge in [0.1, 0.15) is 5.82 Å². The van der Waals surface area contributed by atoms with Gasteiger partial charge in [-0.3, -0.25) is 4.98 Å². The predicted molar refractivity (Wildman–Crippen MR) is 84.5 cm³/mol. The van der Waals surface area contributed by atoms with Crippen molar-refractivity contribution >= 4 is 26.7 Å². The van der Waals surface area contributed by atoms with Crippen LogP contribution >= 0.6 is 15.9 Å². The van der Waals surface area contributed by atoms with Gasteiger partial charge in [-0.25, -0.2) is 4.39 Å². The largest absolute Gasteiger partial charge is 0.388 e. The van der Waals surface area contributed by atoms with E-state index < -0.39 is 6.10 Å². The van der Waals surface area contributed by atoms with E-state index in [2.05, 4.69) is 20.9 Å². The van der Waals surface area contributed by atoms with Crippen molar-refractivity contribution in [3.8, 4) is 0 Å². The SMILES string of the molecule is OC(Cc1ccc(F)c(Br)c1)c1cncc2ccccc12. The molecule has 0 spiro atoms. The highest BCUT2D eigenvalue weighted by molar-refractivity contribution is 9.10. The van der Waals surface area contributed by atoms with E-state index in [4.69, 9.17) is 0 Å². The quantitative estimate of drug-likeness (QED) is 0.762. The highest BCUT2D eigenvalue weighted by atomic mass is 79.9. The third kappa shape index (κ3) is 2.96. The van der Waals surface area contributed by atoms with Gasteiger partial charge >= 0.3 is 0 Å². The first kappa shape index (κ1) is 14.2. The first-order chi connectivity index (χ1) is 10.1. The van der Waals surface area contributed by atoms with Gasteiger partial charge in [-0.15, -0.1) is 0 Å². The molecule has 2 nitrogen and oxygen atoms in total. The van der Waals surface area contributed by atoms with Crippen LogP contribution in [0.2, 0.25) is 0 Å². The molecule has 4 heteroatoms. The fraction of sp³-hybridized carbons (Fsp3) is 0.118. The van der Waals surface area contributed by atoms with Crippen molar-refractivity contribution in [2.24, 2.45) is 0 Å². The molecule has 0 saturated heterocycles. The maximum atomic E-state index is 13.2. The molecular formula is C17H13BrFNO. The Bertz CT molecular complexity index is 785. The molecule has 1 N–H and O–H groups in total. The summed E-state index contributed by atoms with van der Waals surface area (Å²) in [5.74, 6) is -0.305. The monoisotopic (exact) mass is 345 g/mol. The van der Waals surface area contributed by atoms with Gasteiger partial charge in [0.15, 0.2) is 0 Å². The molecule has 0 aliphatic heterocycles. The fourth-order valence-electron chi connectivity index (χ4n) is 2.41. The lowest BCUT2D eigenvalue weighted by molar-refractivity contribution is 0.179. The van der Waals surface area contributed by atoms with Gasteiger partial charge in [-0.05, 0) is 39.0 Å². The lowest BCUT2D eigenvalue weighted by Gasteiger charge is -2.13. The molecule has 106 valence electrons. The van der Waals surface area contributed by atoms with Crippen molar-refractivity contribution in [3.63, 3.8) is 0 Å². The Kier molecular flexibility index (Phi) is 3.99. The lowest BCUT2D eigenvalue weighted by Crippen LogP contribution is -2.03. The van der Waals surface area contributed by atoms with E-state index in [0.29, 0.717) is 10.9 Å². The summed E-state index contributed by atoms with van der Waals surface area (Å²) in [7, 11) is 0. The smallest absolute Gasteiger partial charge is 0.137 e. The van der Waals surface area contributed by atoms with Gasteiger partial charge in [-0.2, -0.15) is 0 Å². The number of halogens is 2. The molecule has 2 aromatic carbocycles. The summed E-state index contributed by atoms with van der Waals surface area (Å²) in [6, 6.07) is 12.6. The minimum Gasteiger partial charge on any atom is -0.388 e. The number of aliphatic hydroxyl groups is 1. The second kappa shape index (κ2) is 5.92. The summed E-state index contributed by atoms with van der Waals surface area (Å²) >= 11 is 3.16. The molecule has 1 unspecified atom stereocenters. The molecule has 0 saturated carbocycles. The maximum Gasteiger partial charge on any atom is 0.137 e. The second-order valence-corrected chi connectivity index (χ2v) is 5.77. The normalized spacial score (nSPS) is 12.5. The molecule has 0 aliphatic rings. The highest BCUT2D eigenvalue weighted by Crippen LogP contribution is 2.27. The Morgan fingerprint density at radius 2 is 1.95 bits per heavy atom. The molecule has 21 heavy (non-hydrogen) atoms. The Balaban J connectivity index is 1.93. The number of nitrogens with zero attached hydrogens (tertiary/aromatic N) is 1. The number of pyridine rings is 1. The van der Waals surface area contributed by atoms with E-state index in [0.717, 1.165) is 21.9 Å². The number of hydrogen-bond acceptors (Lipinski definition) is 2. The van der Waals surface area contributed by atoms with Gasteiger partial charge in [0.2, 0.25) is 0 Å². The molecule has 1 heterocycles. The van der Waals surface area contributed by atoms with Gasteiger partial charge in [-0.1, -0.05) is 30.3 Å². The average Bonchev–Trinajstić information content (AvgIpc) is 2.50. The summed E-state index contributed by atoms with van der Waals surface area (Å²) in [6.07, 6.45) is 3.20. The lowest BCUT2D eigenvalue weighted by atomic mass is 9.98. The molecule has 0 aliphatic carbocycles. The molecule has 1 atom stereocenters. The van der Waals surface area contributed by atoms with E-state index in [-0.39, 0.29) is 5.82 Å². The van der Waals surface area contributed by atoms with E-state index in [1.54, 1.807) is 24.5 Å². The molecule has 0 bridgehead atoms. The summed E-state index contributed by atoms with van der Waals surface area (Å²) in [6.45, 7) is 0. The summed E-state index contributed by atoms with van der Waals surface area (Å²) < 4.78 is 13.7. The number of benzene rings is 2. The van der Waals surface area contributed by atoms with Crippen LogP contribution in [-0.2, 0) is 6.42 Å². The Morgan fingerprint density at radius 1 is 1.14 bits per heavy atom. The minimum absolute atomic E-state index is 0.305. The van der Waals surface area contributed by atoms with Crippen LogP contribution in [0.5, 0.6) is 0 Å². The molecule has 3 aromatic rings. The number of aliphatic hydroxyl groups excluding tert-OH is 1. The topological polar surface area (TPSA) is 33.1 Å². The van der Waals surface area contributed by atoms with Crippen LogP contribution in [0.1, 0.15) is 17.2 Å². The van der Waals surface area contributed by atoms with Gasteiger partial charge < -0.3 is 5.11 Å². The zero-order valence-corrected chi connectivity index (χ0v) is 12.7. The van der Waals surface area contributed by atoms with Gasteiger partial charge in [0.05, 0.1) is 10.6 Å². The van der Waals surface area contributed by atoms with E-state index >= 15 is 0 Å². The molecule has 1 aromatic heterocycles. The zero-order valence-electron chi connectivity index (χ0n) is 11.1. The van der Waals surface area contributed by atoms with E-state index in [1.165, 1.54) is 6.07 Å². The number of hydrogen-bond donors (Lipinski definition) is 1. The molecular weight excluding hydrogens is 333 g/mol. The Hall–Kier alpha value is -1.78. The van der Waals surface area contributed by atoms with Crippen molar-refractivity contribution < 1.29 is 9.50 Å². The van der Waals surface area contributed by atoms with Gasteiger partial charge in [0, 0.05) is 29.8 Å². The standard InChI is InChI=1S/C17H13BrFNO/c18-15-7-11(5-6-16(15)19)8-17(21)14-10-20-9-12-3-1-2-4-13(12)14/h1-7,9-10,17,21H,8H2. The van der Waals surface area contributed by atoms with Crippen LogP contribution in [-0.4, -0.2) is 10.1 Å².